The molecule has 2 heterocycles. The zero-order chi connectivity index (χ0) is 26.0. The molecule has 0 aromatic rings. The van der Waals surface area contributed by atoms with E-state index in [1.54, 1.807) is 6.92 Å². The summed E-state index contributed by atoms with van der Waals surface area (Å²) in [4.78, 5) is 14.7. The Hall–Kier alpha value is -0.690. The van der Waals surface area contributed by atoms with Crippen LogP contribution in [-0.4, -0.2) is 91.2 Å². The number of hydrogen-bond acceptors (Lipinski definition) is 5. The monoisotopic (exact) mass is 517 g/mol. The fourth-order valence-corrected chi connectivity index (χ4v) is 11.0. The van der Waals surface area contributed by atoms with Gasteiger partial charge in [-0.25, -0.2) is 0 Å². The highest BCUT2D eigenvalue weighted by Gasteiger charge is 2.66. The van der Waals surface area contributed by atoms with Crippen LogP contribution in [-0.2, 0) is 14.3 Å². The molecule has 4 saturated carbocycles. The van der Waals surface area contributed by atoms with Gasteiger partial charge in [-0.05, 0) is 86.9 Å². The first-order chi connectivity index (χ1) is 17.7. The molecule has 6 fully saturated rings. The molecule has 2 aliphatic heterocycles. The molecule has 0 spiro atoms. The molecule has 210 valence electrons. The van der Waals surface area contributed by atoms with Crippen LogP contribution in [0.3, 0.4) is 0 Å². The Bertz CT molecular complexity index is 854. The minimum absolute atomic E-state index is 0.0142. The van der Waals surface area contributed by atoms with Crippen LogP contribution in [0.4, 0.5) is 0 Å². The second-order valence-electron chi connectivity index (χ2n) is 14.7. The molecule has 0 aromatic heterocycles. The van der Waals surface area contributed by atoms with Gasteiger partial charge in [-0.2, -0.15) is 0 Å². The largest absolute Gasteiger partial charge is 0.461 e. The van der Waals surface area contributed by atoms with Crippen LogP contribution in [0, 0.1) is 34.5 Å². The van der Waals surface area contributed by atoms with E-state index in [2.05, 4.69) is 25.8 Å². The van der Waals surface area contributed by atoms with Crippen molar-refractivity contribution >= 4 is 5.97 Å². The van der Waals surface area contributed by atoms with Crippen LogP contribution in [0.1, 0.15) is 85.0 Å². The highest BCUT2D eigenvalue weighted by molar-refractivity contribution is 5.66. The first-order valence-corrected chi connectivity index (χ1v) is 15.7. The topological polar surface area (TPSA) is 59.0 Å². The van der Waals surface area contributed by atoms with Crippen molar-refractivity contribution in [2.24, 2.45) is 34.5 Å². The first-order valence-electron chi connectivity index (χ1n) is 15.7. The fourth-order valence-electron chi connectivity index (χ4n) is 11.0. The Labute approximate surface area is 225 Å². The van der Waals surface area contributed by atoms with Crippen molar-refractivity contribution in [3.8, 4) is 0 Å². The molecule has 5 unspecified atom stereocenters. The molecular formula is C31H53N2O4+. The van der Waals surface area contributed by atoms with Gasteiger partial charge in [0, 0.05) is 37.9 Å². The molecule has 0 amide bonds. The molecule has 4 aliphatic carbocycles. The number of piperidine rings is 1. The number of nitrogens with zero attached hydrogens (tertiary/aromatic N) is 2. The van der Waals surface area contributed by atoms with Crippen molar-refractivity contribution in [3.05, 3.63) is 0 Å². The Morgan fingerprint density at radius 2 is 1.73 bits per heavy atom. The van der Waals surface area contributed by atoms with Gasteiger partial charge in [-0.1, -0.05) is 13.8 Å². The third-order valence-electron chi connectivity index (χ3n) is 13.1. The second-order valence-corrected chi connectivity index (χ2v) is 14.7. The average Bonchev–Trinajstić information content (AvgIpc) is 3.16. The van der Waals surface area contributed by atoms with Gasteiger partial charge in [0.25, 0.3) is 0 Å². The van der Waals surface area contributed by atoms with Crippen molar-refractivity contribution in [1.29, 1.82) is 0 Å². The fraction of sp³-hybridized carbons (Fsp3) is 0.968. The number of morpholine rings is 1. The first kappa shape index (κ1) is 26.5. The molecule has 6 nitrogen and oxygen atoms in total. The summed E-state index contributed by atoms with van der Waals surface area (Å²) in [6.07, 6.45) is 12.2. The van der Waals surface area contributed by atoms with Crippen LogP contribution in [0.15, 0.2) is 0 Å². The van der Waals surface area contributed by atoms with E-state index in [0.29, 0.717) is 23.9 Å². The SMILES string of the molecule is CC(=O)OC1CC2CC[C@@H]3[C@@H](CC[C@]4(C)C(O)C([N+]5(C)CCCCC5)C[C@@H]34)[C@@]2(C)CC1N1CCOCC1. The standard InChI is InChI=1S/C31H53N2O4/c1-21(34)37-28-18-22-8-9-23-24(31(22,3)20-26(28)32-12-16-36-17-13-32)10-11-30(2)25(23)19-27(29(30)35)33(4)14-6-5-7-15-33/h22-29,35H,5-20H2,1-4H3/q+1/t22?,23-,24-,25+,26?,27?,28?,29?,30+,31+/m1/s1. The van der Waals surface area contributed by atoms with E-state index in [1.165, 1.54) is 64.5 Å². The highest BCUT2D eigenvalue weighted by Crippen LogP contribution is 2.67. The van der Waals surface area contributed by atoms with Crippen molar-refractivity contribution in [1.82, 2.24) is 4.90 Å². The molecule has 0 bridgehead atoms. The maximum absolute atomic E-state index is 12.1. The zero-order valence-corrected chi connectivity index (χ0v) is 24.0. The number of aliphatic hydroxyl groups excluding tert-OH is 1. The summed E-state index contributed by atoms with van der Waals surface area (Å²) in [7, 11) is 2.45. The van der Waals surface area contributed by atoms with Gasteiger partial charge in [0.1, 0.15) is 18.2 Å². The molecular weight excluding hydrogens is 464 g/mol. The number of ether oxygens (including phenoxy) is 2. The lowest BCUT2D eigenvalue weighted by molar-refractivity contribution is -0.940. The van der Waals surface area contributed by atoms with Gasteiger partial charge in [0.05, 0.1) is 33.4 Å². The van der Waals surface area contributed by atoms with Crippen molar-refractivity contribution in [2.75, 3.05) is 46.4 Å². The maximum Gasteiger partial charge on any atom is 0.302 e. The minimum atomic E-state index is -0.159. The number of aliphatic hydroxyl groups is 1. The normalized spacial score (nSPS) is 50.0. The Balaban J connectivity index is 1.26. The molecule has 0 radical (unpaired) electrons. The molecule has 6 rings (SSSR count). The molecule has 6 heteroatoms. The van der Waals surface area contributed by atoms with E-state index in [0.717, 1.165) is 55.5 Å². The number of likely N-dealkylation sites (tertiary alicyclic amines) is 1. The smallest absolute Gasteiger partial charge is 0.302 e. The Kier molecular flexibility index (Phi) is 6.99. The van der Waals surface area contributed by atoms with E-state index in [9.17, 15) is 9.90 Å². The van der Waals surface area contributed by atoms with Gasteiger partial charge in [0.2, 0.25) is 0 Å². The molecule has 1 N–H and O–H groups in total. The molecule has 0 aromatic carbocycles. The number of esters is 1. The summed E-state index contributed by atoms with van der Waals surface area (Å²) in [5, 5.41) is 11.9. The number of hydrogen-bond donors (Lipinski definition) is 1. The van der Waals surface area contributed by atoms with Gasteiger partial charge in [-0.15, -0.1) is 0 Å². The predicted molar refractivity (Wildman–Crippen MR) is 144 cm³/mol. The third-order valence-corrected chi connectivity index (χ3v) is 13.1. The highest BCUT2D eigenvalue weighted by atomic mass is 16.5. The summed E-state index contributed by atoms with van der Waals surface area (Å²) < 4.78 is 12.8. The lowest BCUT2D eigenvalue weighted by atomic mass is 9.44. The predicted octanol–water partition coefficient (Wildman–Crippen LogP) is 4.24. The molecule has 2 saturated heterocycles. The van der Waals surface area contributed by atoms with Crippen LogP contribution in [0.2, 0.25) is 0 Å². The van der Waals surface area contributed by atoms with E-state index < -0.39 is 0 Å². The van der Waals surface area contributed by atoms with E-state index in [4.69, 9.17) is 9.47 Å². The molecule has 10 atom stereocenters. The van der Waals surface area contributed by atoms with Crippen LogP contribution in [0.5, 0.6) is 0 Å². The number of fused-ring (bicyclic) bond motifs is 5. The quantitative estimate of drug-likeness (QED) is 0.448. The van der Waals surface area contributed by atoms with Crippen LogP contribution in [0.25, 0.3) is 0 Å². The van der Waals surface area contributed by atoms with Crippen molar-refractivity contribution in [3.63, 3.8) is 0 Å². The van der Waals surface area contributed by atoms with E-state index in [1.807, 2.05) is 0 Å². The molecule has 6 aliphatic rings. The molecule has 37 heavy (non-hydrogen) atoms. The van der Waals surface area contributed by atoms with E-state index in [-0.39, 0.29) is 29.0 Å². The Morgan fingerprint density at radius 3 is 2.43 bits per heavy atom. The minimum Gasteiger partial charge on any atom is -0.461 e. The van der Waals surface area contributed by atoms with Gasteiger partial charge in [0.15, 0.2) is 0 Å². The average molecular weight is 518 g/mol. The lowest BCUT2D eigenvalue weighted by Crippen LogP contribution is -2.61. The van der Waals surface area contributed by atoms with Crippen molar-refractivity contribution in [2.45, 2.75) is 109 Å². The summed E-state index contributed by atoms with van der Waals surface area (Å²) in [5.41, 5.74) is 0.364. The summed E-state index contributed by atoms with van der Waals surface area (Å²) in [6.45, 7) is 12.6. The summed E-state index contributed by atoms with van der Waals surface area (Å²) in [5.74, 6) is 2.60. The second kappa shape index (κ2) is 9.74. The maximum atomic E-state index is 12.1. The van der Waals surface area contributed by atoms with Gasteiger partial charge < -0.3 is 19.1 Å². The number of likely N-dealkylation sites (N-methyl/N-ethyl adjacent to an activating group) is 1. The number of carbonyl (C=O) groups excluding carboxylic acids is 1. The lowest BCUT2D eigenvalue weighted by Gasteiger charge is -2.62. The van der Waals surface area contributed by atoms with Crippen LogP contribution >= 0.6 is 0 Å². The van der Waals surface area contributed by atoms with Gasteiger partial charge in [-0.3, -0.25) is 9.69 Å². The summed E-state index contributed by atoms with van der Waals surface area (Å²) >= 11 is 0. The number of carbonyl (C=O) groups is 1. The van der Waals surface area contributed by atoms with E-state index >= 15 is 0 Å². The summed E-state index contributed by atoms with van der Waals surface area (Å²) in [6, 6.07) is 0.723. The van der Waals surface area contributed by atoms with Crippen molar-refractivity contribution < 1.29 is 23.9 Å². The van der Waals surface area contributed by atoms with Gasteiger partial charge >= 0.3 is 5.97 Å². The number of quaternary nitrogens is 1. The zero-order valence-electron chi connectivity index (χ0n) is 24.0. The number of rotatable bonds is 3. The van der Waals surface area contributed by atoms with Crippen LogP contribution < -0.4 is 0 Å². The Morgan fingerprint density at radius 1 is 1.00 bits per heavy atom. The third kappa shape index (κ3) is 4.31.